The molecule has 0 radical (unpaired) electrons. The van der Waals surface area contributed by atoms with Crippen molar-refractivity contribution in [1.82, 2.24) is 0 Å². The Morgan fingerprint density at radius 3 is 2.46 bits per heavy atom. The van der Waals surface area contributed by atoms with Gasteiger partial charge in [0.15, 0.2) is 6.10 Å². The lowest BCUT2D eigenvalue weighted by molar-refractivity contribution is -0.155. The summed E-state index contributed by atoms with van der Waals surface area (Å²) in [6.07, 6.45) is 1.04. The Labute approximate surface area is 165 Å². The molecule has 0 unspecified atom stereocenters. The van der Waals surface area contributed by atoms with Crippen molar-refractivity contribution >= 4 is 17.7 Å². The molecule has 1 heterocycles. The summed E-state index contributed by atoms with van der Waals surface area (Å²) in [5, 5.41) is 10.5. The van der Waals surface area contributed by atoms with Gasteiger partial charge in [-0.2, -0.15) is 0 Å². The fourth-order valence-corrected chi connectivity index (χ4v) is 6.15. The number of aliphatic hydroxyl groups is 1. The second-order valence-electron chi connectivity index (χ2n) is 9.58. The van der Waals surface area contributed by atoms with Crippen molar-refractivity contribution in [3.8, 4) is 0 Å². The lowest BCUT2D eigenvalue weighted by Gasteiger charge is -2.38. The van der Waals surface area contributed by atoms with E-state index in [1.54, 1.807) is 0 Å². The van der Waals surface area contributed by atoms with E-state index in [1.165, 1.54) is 6.92 Å². The number of Topliss-reactive ketones (excluding diaryl/α,β-unsaturated/α-hetero) is 1. The first-order chi connectivity index (χ1) is 13.0. The molecule has 0 bridgehead atoms. The van der Waals surface area contributed by atoms with Gasteiger partial charge in [0.25, 0.3) is 0 Å². The van der Waals surface area contributed by atoms with E-state index in [2.05, 4.69) is 6.92 Å². The molecule has 0 saturated heterocycles. The number of carbonyl (C=O) groups is 3. The first-order valence-electron chi connectivity index (χ1n) is 10.1. The monoisotopic (exact) mass is 388 g/mol. The number of carbonyl (C=O) groups excluding carboxylic acids is 3. The summed E-state index contributed by atoms with van der Waals surface area (Å²) in [5.74, 6) is -1.08. The Morgan fingerprint density at radius 2 is 1.86 bits per heavy atom. The van der Waals surface area contributed by atoms with Crippen molar-refractivity contribution in [3.63, 3.8) is 0 Å². The van der Waals surface area contributed by atoms with Gasteiger partial charge in [-0.25, -0.2) is 4.79 Å². The fraction of sp³-hybridized carbons (Fsp3) is 0.682. The van der Waals surface area contributed by atoms with Gasteiger partial charge < -0.3 is 14.6 Å². The normalized spacial score (nSPS) is 39.8. The molecule has 0 amide bonds. The predicted octanol–water partition coefficient (Wildman–Crippen LogP) is 2.84. The topological polar surface area (TPSA) is 89.9 Å². The molecular formula is C22H28O6. The van der Waals surface area contributed by atoms with Crippen LogP contribution in [0.4, 0.5) is 0 Å². The van der Waals surface area contributed by atoms with E-state index in [1.807, 2.05) is 20.8 Å². The lowest BCUT2D eigenvalue weighted by Crippen LogP contribution is -2.37. The summed E-state index contributed by atoms with van der Waals surface area (Å²) in [5.41, 5.74) is 0.609. The summed E-state index contributed by atoms with van der Waals surface area (Å²) in [6, 6.07) is 0. The van der Waals surface area contributed by atoms with Crippen LogP contribution >= 0.6 is 0 Å². The minimum Gasteiger partial charge on any atom is -0.454 e. The summed E-state index contributed by atoms with van der Waals surface area (Å²) in [6.45, 7) is 9.50. The highest BCUT2D eigenvalue weighted by Gasteiger charge is 2.62. The minimum absolute atomic E-state index is 0.0977. The number of rotatable bonds is 2. The molecule has 0 aromatic carbocycles. The van der Waals surface area contributed by atoms with Crippen LogP contribution in [0.25, 0.3) is 0 Å². The van der Waals surface area contributed by atoms with Crippen molar-refractivity contribution in [2.45, 2.75) is 72.5 Å². The number of aliphatic hydroxyl groups excluding tert-OH is 1. The van der Waals surface area contributed by atoms with Gasteiger partial charge in [0, 0.05) is 29.4 Å². The van der Waals surface area contributed by atoms with Gasteiger partial charge in [0.05, 0.1) is 11.7 Å². The van der Waals surface area contributed by atoms with E-state index in [9.17, 15) is 19.5 Å². The van der Waals surface area contributed by atoms with E-state index >= 15 is 0 Å². The SMILES string of the molecule is CC(=O)O[C@H]1C(=O)C2=C3OC(=O)C4=C3[C@](C)(CC[C@H]4O)CC[C@@]2(C)[C@@H]1C(C)C. The zero-order chi connectivity index (χ0) is 20.6. The highest BCUT2D eigenvalue weighted by atomic mass is 16.6. The Bertz CT molecular complexity index is 849. The van der Waals surface area contributed by atoms with Gasteiger partial charge >= 0.3 is 11.9 Å². The second-order valence-corrected chi connectivity index (χ2v) is 9.58. The minimum atomic E-state index is -0.869. The van der Waals surface area contributed by atoms with Crippen molar-refractivity contribution in [3.05, 3.63) is 22.5 Å². The van der Waals surface area contributed by atoms with Gasteiger partial charge in [-0.05, 0) is 37.0 Å². The van der Waals surface area contributed by atoms with Gasteiger partial charge in [0.2, 0.25) is 5.78 Å². The lowest BCUT2D eigenvalue weighted by atomic mass is 9.65. The molecule has 1 fully saturated rings. The molecule has 1 N–H and O–H groups in total. The first kappa shape index (κ1) is 19.4. The molecule has 6 nitrogen and oxygen atoms in total. The van der Waals surface area contributed by atoms with E-state index in [4.69, 9.17) is 9.47 Å². The molecule has 152 valence electrons. The van der Waals surface area contributed by atoms with Gasteiger partial charge in [-0.15, -0.1) is 0 Å². The number of ether oxygens (including phenoxy) is 2. The molecule has 3 aliphatic carbocycles. The molecule has 1 saturated carbocycles. The van der Waals surface area contributed by atoms with Gasteiger partial charge in [-0.3, -0.25) is 9.59 Å². The maximum atomic E-state index is 13.5. The average Bonchev–Trinajstić information content (AvgIpc) is 3.00. The van der Waals surface area contributed by atoms with Crippen molar-refractivity contribution in [2.24, 2.45) is 22.7 Å². The Morgan fingerprint density at radius 1 is 1.18 bits per heavy atom. The molecule has 0 aromatic heterocycles. The molecule has 0 aromatic rings. The third-order valence-electron chi connectivity index (χ3n) is 7.39. The molecule has 4 rings (SSSR count). The molecule has 1 aliphatic heterocycles. The van der Waals surface area contributed by atoms with Crippen LogP contribution in [0.2, 0.25) is 0 Å². The van der Waals surface area contributed by atoms with Crippen LogP contribution in [-0.4, -0.2) is 35.0 Å². The summed E-state index contributed by atoms with van der Waals surface area (Å²) < 4.78 is 11.2. The maximum Gasteiger partial charge on any atom is 0.342 e. The largest absolute Gasteiger partial charge is 0.454 e. The quantitative estimate of drug-likeness (QED) is 0.732. The van der Waals surface area contributed by atoms with Crippen LogP contribution in [0.1, 0.15) is 60.3 Å². The molecule has 4 aliphatic rings. The van der Waals surface area contributed by atoms with Crippen LogP contribution in [0.5, 0.6) is 0 Å². The van der Waals surface area contributed by atoms with E-state index < -0.39 is 29.6 Å². The van der Waals surface area contributed by atoms with Crippen LogP contribution in [0.15, 0.2) is 22.5 Å². The molecule has 6 heteroatoms. The molecule has 5 atom stereocenters. The standard InChI is InChI=1S/C22H28O6/c1-10(2)14-19(27-11(3)23)17(25)16-18-15-13(20(26)28-18)12(24)6-7-21(15,4)8-9-22(14,16)5/h10,12,14,19,24H,6-9H2,1-5H3/t12-,14-,19-,21-,22+/m1/s1. The van der Waals surface area contributed by atoms with Crippen molar-refractivity contribution in [2.75, 3.05) is 0 Å². The summed E-state index contributed by atoms with van der Waals surface area (Å²) in [4.78, 5) is 37.8. The van der Waals surface area contributed by atoms with Crippen LogP contribution in [0, 0.1) is 22.7 Å². The predicted molar refractivity (Wildman–Crippen MR) is 99.7 cm³/mol. The highest BCUT2D eigenvalue weighted by molar-refractivity contribution is 6.07. The first-order valence-corrected chi connectivity index (χ1v) is 10.1. The number of allylic oxidation sites excluding steroid dienone is 1. The second kappa shape index (κ2) is 6.02. The number of hydrogen-bond donors (Lipinski definition) is 1. The molecule has 28 heavy (non-hydrogen) atoms. The third kappa shape index (κ3) is 2.39. The zero-order valence-electron chi connectivity index (χ0n) is 17.1. The maximum absolute atomic E-state index is 13.5. The zero-order valence-corrected chi connectivity index (χ0v) is 17.1. The van der Waals surface area contributed by atoms with Crippen LogP contribution in [0.3, 0.4) is 0 Å². The Hall–Kier alpha value is -1.95. The Kier molecular flexibility index (Phi) is 4.17. The van der Waals surface area contributed by atoms with E-state index in [0.717, 1.165) is 19.3 Å². The van der Waals surface area contributed by atoms with E-state index in [0.29, 0.717) is 28.9 Å². The van der Waals surface area contributed by atoms with Gasteiger partial charge in [0.1, 0.15) is 5.76 Å². The fourth-order valence-electron chi connectivity index (χ4n) is 6.15. The number of ketones is 1. The van der Waals surface area contributed by atoms with Crippen LogP contribution < -0.4 is 0 Å². The van der Waals surface area contributed by atoms with Gasteiger partial charge in [-0.1, -0.05) is 27.7 Å². The summed E-state index contributed by atoms with van der Waals surface area (Å²) in [7, 11) is 0. The smallest absolute Gasteiger partial charge is 0.342 e. The van der Waals surface area contributed by atoms with Crippen molar-refractivity contribution < 1.29 is 29.0 Å². The highest BCUT2D eigenvalue weighted by Crippen LogP contribution is 2.62. The number of esters is 2. The molecular weight excluding hydrogens is 360 g/mol. The average molecular weight is 388 g/mol. The van der Waals surface area contributed by atoms with Crippen molar-refractivity contribution in [1.29, 1.82) is 0 Å². The molecule has 0 spiro atoms. The van der Waals surface area contributed by atoms with E-state index in [-0.39, 0.29) is 23.0 Å². The summed E-state index contributed by atoms with van der Waals surface area (Å²) >= 11 is 0. The third-order valence-corrected chi connectivity index (χ3v) is 7.39. The number of fused-ring (bicyclic) bond motifs is 1. The number of hydrogen-bond acceptors (Lipinski definition) is 6. The Balaban J connectivity index is 1.98. The van der Waals surface area contributed by atoms with Crippen LogP contribution in [-0.2, 0) is 23.9 Å².